The van der Waals surface area contributed by atoms with E-state index in [2.05, 4.69) is 50.6 Å². The van der Waals surface area contributed by atoms with Crippen LogP contribution in [0.3, 0.4) is 0 Å². The van der Waals surface area contributed by atoms with Gasteiger partial charge in [-0.2, -0.15) is 0 Å². The van der Waals surface area contributed by atoms with Crippen LogP contribution in [-0.2, 0) is 0 Å². The van der Waals surface area contributed by atoms with E-state index in [1.165, 1.54) is 0 Å². The lowest BCUT2D eigenvalue weighted by Crippen LogP contribution is -2.42. The molecule has 0 saturated heterocycles. The number of rotatable bonds is 6. The van der Waals surface area contributed by atoms with Crippen LogP contribution in [0.5, 0.6) is 5.75 Å². The molecule has 0 fully saturated rings. The van der Waals surface area contributed by atoms with Gasteiger partial charge in [0, 0.05) is 17.1 Å². The summed E-state index contributed by atoms with van der Waals surface area (Å²) < 4.78 is 6.70. The number of nitrogens with one attached hydrogen (secondary N) is 2. The Morgan fingerprint density at radius 2 is 2.19 bits per heavy atom. The molecule has 21 heavy (non-hydrogen) atoms. The van der Waals surface area contributed by atoms with Crippen LogP contribution in [0.4, 0.5) is 0 Å². The molecule has 1 aliphatic carbocycles. The van der Waals surface area contributed by atoms with E-state index < -0.39 is 0 Å². The first-order chi connectivity index (χ1) is 10.3. The average Bonchev–Trinajstić information content (AvgIpc) is 2.97. The van der Waals surface area contributed by atoms with Crippen molar-refractivity contribution in [1.29, 1.82) is 0 Å². The third kappa shape index (κ3) is 5.79. The summed E-state index contributed by atoms with van der Waals surface area (Å²) in [6.45, 7) is 4.12. The van der Waals surface area contributed by atoms with Gasteiger partial charge in [-0.15, -0.1) is 0 Å². The van der Waals surface area contributed by atoms with Crippen LogP contribution >= 0.6 is 15.9 Å². The van der Waals surface area contributed by atoms with Crippen LogP contribution in [0.1, 0.15) is 19.8 Å². The number of aliphatic imine (C=N–C) groups is 1. The van der Waals surface area contributed by atoms with Crippen LogP contribution in [0.2, 0.25) is 0 Å². The lowest BCUT2D eigenvalue weighted by Gasteiger charge is -2.16. The average molecular weight is 352 g/mol. The molecule has 2 N–H and O–H groups in total. The van der Waals surface area contributed by atoms with Gasteiger partial charge in [-0.3, -0.25) is 0 Å². The van der Waals surface area contributed by atoms with Gasteiger partial charge in [0.15, 0.2) is 5.96 Å². The highest BCUT2D eigenvalue weighted by atomic mass is 79.9. The SMILES string of the molecule is CCNC(=NCCOc1cccc(Br)c1)NC1CC=CC1. The molecule has 1 aliphatic rings. The van der Waals surface area contributed by atoms with Gasteiger partial charge in [-0.1, -0.05) is 34.1 Å². The van der Waals surface area contributed by atoms with Crippen molar-refractivity contribution in [2.45, 2.75) is 25.8 Å². The molecular formula is C16H22BrN3O. The van der Waals surface area contributed by atoms with Crippen molar-refractivity contribution in [3.8, 4) is 5.75 Å². The lowest BCUT2D eigenvalue weighted by atomic mass is 10.2. The molecule has 0 amide bonds. The lowest BCUT2D eigenvalue weighted by molar-refractivity contribution is 0.328. The quantitative estimate of drug-likeness (QED) is 0.358. The Bertz CT molecular complexity index is 494. The number of guanidine groups is 1. The van der Waals surface area contributed by atoms with E-state index in [9.17, 15) is 0 Å². The summed E-state index contributed by atoms with van der Waals surface area (Å²) >= 11 is 3.43. The van der Waals surface area contributed by atoms with E-state index in [4.69, 9.17) is 4.74 Å². The zero-order chi connectivity index (χ0) is 14.9. The topological polar surface area (TPSA) is 45.7 Å². The smallest absolute Gasteiger partial charge is 0.191 e. The van der Waals surface area contributed by atoms with Gasteiger partial charge < -0.3 is 15.4 Å². The molecule has 114 valence electrons. The number of hydrogen-bond donors (Lipinski definition) is 2. The molecule has 0 heterocycles. The molecule has 0 saturated carbocycles. The predicted molar refractivity (Wildman–Crippen MR) is 90.9 cm³/mol. The van der Waals surface area contributed by atoms with Gasteiger partial charge in [-0.25, -0.2) is 4.99 Å². The van der Waals surface area contributed by atoms with Gasteiger partial charge >= 0.3 is 0 Å². The maximum Gasteiger partial charge on any atom is 0.191 e. The normalized spacial score (nSPS) is 15.2. The fraction of sp³-hybridized carbons (Fsp3) is 0.438. The zero-order valence-electron chi connectivity index (χ0n) is 12.3. The Kier molecular flexibility index (Phi) is 6.60. The summed E-state index contributed by atoms with van der Waals surface area (Å²) in [5.41, 5.74) is 0. The Labute approximate surface area is 134 Å². The fourth-order valence-electron chi connectivity index (χ4n) is 2.13. The van der Waals surface area contributed by atoms with Gasteiger partial charge in [0.25, 0.3) is 0 Å². The van der Waals surface area contributed by atoms with Crippen molar-refractivity contribution >= 4 is 21.9 Å². The highest BCUT2D eigenvalue weighted by Gasteiger charge is 2.11. The second-order valence-electron chi connectivity index (χ2n) is 4.85. The summed E-state index contributed by atoms with van der Waals surface area (Å²) in [7, 11) is 0. The van der Waals surface area contributed by atoms with E-state index in [0.29, 0.717) is 19.2 Å². The Morgan fingerprint density at radius 1 is 1.38 bits per heavy atom. The number of nitrogens with zero attached hydrogens (tertiary/aromatic N) is 1. The summed E-state index contributed by atoms with van der Waals surface area (Å²) in [5.74, 6) is 1.72. The molecule has 0 atom stereocenters. The van der Waals surface area contributed by atoms with Crippen LogP contribution in [0.25, 0.3) is 0 Å². The van der Waals surface area contributed by atoms with Crippen molar-refractivity contribution in [1.82, 2.24) is 10.6 Å². The third-order valence-corrected chi connectivity index (χ3v) is 3.61. The molecule has 4 nitrogen and oxygen atoms in total. The van der Waals surface area contributed by atoms with Crippen molar-refractivity contribution in [2.75, 3.05) is 19.7 Å². The summed E-state index contributed by atoms with van der Waals surface area (Å²) in [4.78, 5) is 4.54. The van der Waals surface area contributed by atoms with Gasteiger partial charge in [0.2, 0.25) is 0 Å². The van der Waals surface area contributed by atoms with E-state index >= 15 is 0 Å². The Balaban J connectivity index is 1.76. The molecule has 0 spiro atoms. The Hall–Kier alpha value is -1.49. The summed E-state index contributed by atoms with van der Waals surface area (Å²) in [6.07, 6.45) is 6.55. The van der Waals surface area contributed by atoms with Crippen molar-refractivity contribution in [3.63, 3.8) is 0 Å². The first kappa shape index (κ1) is 15.9. The zero-order valence-corrected chi connectivity index (χ0v) is 13.9. The molecule has 0 unspecified atom stereocenters. The molecule has 2 rings (SSSR count). The van der Waals surface area contributed by atoms with Crippen LogP contribution < -0.4 is 15.4 Å². The minimum Gasteiger partial charge on any atom is -0.492 e. The summed E-state index contributed by atoms with van der Waals surface area (Å²) in [5, 5.41) is 6.70. The molecule has 5 heteroatoms. The van der Waals surface area contributed by atoms with Crippen LogP contribution in [-0.4, -0.2) is 31.7 Å². The minimum atomic E-state index is 0.466. The number of ether oxygens (including phenoxy) is 1. The predicted octanol–water partition coefficient (Wildman–Crippen LogP) is 3.10. The molecule has 0 aromatic heterocycles. The first-order valence-corrected chi connectivity index (χ1v) is 8.15. The van der Waals surface area contributed by atoms with Gasteiger partial charge in [0.1, 0.15) is 12.4 Å². The number of benzene rings is 1. The van der Waals surface area contributed by atoms with Gasteiger partial charge in [-0.05, 0) is 38.0 Å². The maximum atomic E-state index is 5.68. The first-order valence-electron chi connectivity index (χ1n) is 7.36. The number of halogens is 1. The monoisotopic (exact) mass is 351 g/mol. The highest BCUT2D eigenvalue weighted by Crippen LogP contribution is 2.17. The minimum absolute atomic E-state index is 0.466. The maximum absolute atomic E-state index is 5.68. The largest absolute Gasteiger partial charge is 0.492 e. The Morgan fingerprint density at radius 3 is 2.90 bits per heavy atom. The third-order valence-electron chi connectivity index (χ3n) is 3.12. The van der Waals surface area contributed by atoms with Crippen LogP contribution in [0.15, 0.2) is 45.9 Å². The number of hydrogen-bond acceptors (Lipinski definition) is 2. The molecule has 0 aliphatic heterocycles. The van der Waals surface area contributed by atoms with E-state index in [0.717, 1.165) is 35.6 Å². The molecule has 1 aromatic rings. The summed E-state index contributed by atoms with van der Waals surface area (Å²) in [6, 6.07) is 8.31. The van der Waals surface area contributed by atoms with E-state index in [1.54, 1.807) is 0 Å². The molecular weight excluding hydrogens is 330 g/mol. The molecule has 0 radical (unpaired) electrons. The fourth-order valence-corrected chi connectivity index (χ4v) is 2.50. The van der Waals surface area contributed by atoms with E-state index in [-0.39, 0.29) is 0 Å². The van der Waals surface area contributed by atoms with Crippen molar-refractivity contribution in [3.05, 3.63) is 40.9 Å². The highest BCUT2D eigenvalue weighted by molar-refractivity contribution is 9.10. The molecule has 0 bridgehead atoms. The van der Waals surface area contributed by atoms with Crippen molar-refractivity contribution in [2.24, 2.45) is 4.99 Å². The van der Waals surface area contributed by atoms with Gasteiger partial charge in [0.05, 0.1) is 6.54 Å². The second-order valence-corrected chi connectivity index (χ2v) is 5.77. The van der Waals surface area contributed by atoms with Crippen LogP contribution in [0, 0.1) is 0 Å². The van der Waals surface area contributed by atoms with E-state index in [1.807, 2.05) is 24.3 Å². The molecule has 1 aromatic carbocycles. The second kappa shape index (κ2) is 8.72. The van der Waals surface area contributed by atoms with Crippen molar-refractivity contribution < 1.29 is 4.74 Å². The standard InChI is InChI=1S/C16H22BrN3O/c1-2-18-16(20-14-7-3-4-8-14)19-10-11-21-15-9-5-6-13(17)12-15/h3-6,9,12,14H,2,7-8,10-11H2,1H3,(H2,18,19,20).